The van der Waals surface area contributed by atoms with E-state index < -0.39 is 0 Å². The van der Waals surface area contributed by atoms with Gasteiger partial charge in [-0.15, -0.1) is 0 Å². The maximum atomic E-state index is 12.7. The zero-order valence-corrected chi connectivity index (χ0v) is 21.0. The molecule has 4 aliphatic carbocycles. The summed E-state index contributed by atoms with van der Waals surface area (Å²) in [5.74, 6) is 5.69. The summed E-state index contributed by atoms with van der Waals surface area (Å²) < 4.78 is 0. The van der Waals surface area contributed by atoms with E-state index in [1.165, 1.54) is 56.9 Å². The van der Waals surface area contributed by atoms with Gasteiger partial charge >= 0.3 is 0 Å². The first-order chi connectivity index (χ1) is 14.0. The zero-order chi connectivity index (χ0) is 21.9. The maximum absolute atomic E-state index is 12.7. The third-order valence-electron chi connectivity index (χ3n) is 10.9. The van der Waals surface area contributed by atoms with Gasteiger partial charge in [0.15, 0.2) is 0 Å². The van der Waals surface area contributed by atoms with Gasteiger partial charge in [-0.2, -0.15) is 0 Å². The molecular weight excluding hydrogens is 364 g/mol. The summed E-state index contributed by atoms with van der Waals surface area (Å²) in [7, 11) is 0. The molecule has 0 aromatic carbocycles. The normalized spacial score (nSPS) is 43.6. The van der Waals surface area contributed by atoms with Crippen LogP contribution in [0.15, 0.2) is 11.6 Å². The van der Waals surface area contributed by atoms with Gasteiger partial charge in [0.1, 0.15) is 5.78 Å². The van der Waals surface area contributed by atoms with E-state index in [2.05, 4.69) is 54.5 Å². The summed E-state index contributed by atoms with van der Waals surface area (Å²) in [5, 5.41) is 0. The van der Waals surface area contributed by atoms with Gasteiger partial charge < -0.3 is 0 Å². The predicted octanol–water partition coefficient (Wildman–Crippen LogP) is 8.23. The SMILES string of the molecule is CC(C)CCC[C@@H](C)[C@@H]1CC[C@@H]2[C@H]3CC=C4C(C)(C)C(=O)CC[C@]4(C)[C@@H]3CC[C@@]21C. The van der Waals surface area contributed by atoms with Gasteiger partial charge in [0.25, 0.3) is 0 Å². The molecule has 7 atom stereocenters. The second kappa shape index (κ2) is 7.77. The number of carbonyl (C=O) groups excluding carboxylic acids is 1. The van der Waals surface area contributed by atoms with E-state index in [0.717, 1.165) is 48.3 Å². The van der Waals surface area contributed by atoms with Crippen LogP contribution in [0.4, 0.5) is 0 Å². The fraction of sp³-hybridized carbons (Fsp3) is 0.897. The number of fused-ring (bicyclic) bond motifs is 5. The van der Waals surface area contributed by atoms with E-state index in [0.29, 0.717) is 11.2 Å². The Balaban J connectivity index is 1.54. The highest BCUT2D eigenvalue weighted by molar-refractivity contribution is 5.89. The van der Waals surface area contributed by atoms with Crippen molar-refractivity contribution < 1.29 is 4.79 Å². The molecule has 0 radical (unpaired) electrons. The molecule has 1 nitrogen and oxygen atoms in total. The number of hydrogen-bond donors (Lipinski definition) is 0. The molecule has 0 aromatic rings. The lowest BCUT2D eigenvalue weighted by atomic mass is 9.44. The highest BCUT2D eigenvalue weighted by atomic mass is 16.1. The average Bonchev–Trinajstić information content (AvgIpc) is 3.02. The number of rotatable bonds is 5. The summed E-state index contributed by atoms with van der Waals surface area (Å²) >= 11 is 0. The minimum absolute atomic E-state index is 0.234. The molecule has 0 heterocycles. The van der Waals surface area contributed by atoms with Gasteiger partial charge in [-0.1, -0.05) is 65.5 Å². The number of Topliss-reactive ketones (excluding diaryl/α,β-unsaturated/α-hetero) is 1. The highest BCUT2D eigenvalue weighted by Crippen LogP contribution is 2.68. The lowest BCUT2D eigenvalue weighted by molar-refractivity contribution is -0.132. The van der Waals surface area contributed by atoms with E-state index in [4.69, 9.17) is 0 Å². The lowest BCUT2D eigenvalue weighted by Gasteiger charge is -2.60. The largest absolute Gasteiger partial charge is 0.299 e. The van der Waals surface area contributed by atoms with Gasteiger partial charge in [0.2, 0.25) is 0 Å². The Morgan fingerprint density at radius 3 is 2.40 bits per heavy atom. The minimum Gasteiger partial charge on any atom is -0.299 e. The summed E-state index contributed by atoms with van der Waals surface area (Å²) in [6.45, 7) is 16.9. The number of carbonyl (C=O) groups is 1. The Bertz CT molecular complexity index is 699. The summed E-state index contributed by atoms with van der Waals surface area (Å²) in [6, 6.07) is 0. The van der Waals surface area contributed by atoms with Crippen molar-refractivity contribution in [3.05, 3.63) is 11.6 Å². The number of hydrogen-bond acceptors (Lipinski definition) is 1. The first kappa shape index (κ1) is 22.6. The molecule has 4 rings (SSSR count). The van der Waals surface area contributed by atoms with Crippen LogP contribution >= 0.6 is 0 Å². The molecular formula is C29H48O. The van der Waals surface area contributed by atoms with Crippen LogP contribution in [0.1, 0.15) is 113 Å². The van der Waals surface area contributed by atoms with Crippen LogP contribution in [0.3, 0.4) is 0 Å². The molecule has 4 aliphatic rings. The fourth-order valence-corrected chi connectivity index (χ4v) is 9.24. The molecule has 0 bridgehead atoms. The van der Waals surface area contributed by atoms with Crippen LogP contribution in [0.25, 0.3) is 0 Å². The topological polar surface area (TPSA) is 17.1 Å². The van der Waals surface area contributed by atoms with Gasteiger partial charge in [-0.25, -0.2) is 0 Å². The van der Waals surface area contributed by atoms with Gasteiger partial charge in [0, 0.05) is 11.8 Å². The second-order valence-electron chi connectivity index (χ2n) is 13.2. The van der Waals surface area contributed by atoms with Crippen molar-refractivity contribution in [1.82, 2.24) is 0 Å². The summed E-state index contributed by atoms with van der Waals surface area (Å²) in [5.41, 5.74) is 2.10. The standard InChI is InChI=1S/C29H48O/c1-19(2)9-8-10-20(3)22-12-13-23-21-11-14-25-27(4,5)26(30)16-18-29(25,7)24(21)15-17-28(22,23)6/h14,19-24H,8-13,15-18H2,1-7H3/t20-,21-,22+,23-,24-,28-,29-/m1/s1. The van der Waals surface area contributed by atoms with Crippen LogP contribution in [0.2, 0.25) is 0 Å². The van der Waals surface area contributed by atoms with Crippen molar-refractivity contribution in [3.63, 3.8) is 0 Å². The van der Waals surface area contributed by atoms with Crippen LogP contribution in [-0.4, -0.2) is 5.78 Å². The van der Waals surface area contributed by atoms with Gasteiger partial charge in [0.05, 0.1) is 0 Å². The molecule has 1 heteroatoms. The first-order valence-electron chi connectivity index (χ1n) is 13.3. The molecule has 0 spiro atoms. The number of ketones is 1. The van der Waals surface area contributed by atoms with Crippen LogP contribution in [0, 0.1) is 51.8 Å². The smallest absolute Gasteiger partial charge is 0.142 e. The predicted molar refractivity (Wildman–Crippen MR) is 127 cm³/mol. The van der Waals surface area contributed by atoms with E-state index in [9.17, 15) is 4.79 Å². The summed E-state index contributed by atoms with van der Waals surface area (Å²) in [6.07, 6.45) is 15.7. The Kier molecular flexibility index (Phi) is 5.85. The van der Waals surface area contributed by atoms with E-state index in [1.54, 1.807) is 0 Å². The van der Waals surface area contributed by atoms with Crippen molar-refractivity contribution in [2.24, 2.45) is 51.8 Å². The molecule has 3 fully saturated rings. The van der Waals surface area contributed by atoms with Crippen molar-refractivity contribution in [2.45, 2.75) is 113 Å². The molecule has 0 unspecified atom stereocenters. The quantitative estimate of drug-likeness (QED) is 0.415. The van der Waals surface area contributed by atoms with Crippen molar-refractivity contribution in [3.8, 4) is 0 Å². The van der Waals surface area contributed by atoms with Crippen molar-refractivity contribution >= 4 is 5.78 Å². The van der Waals surface area contributed by atoms with Crippen molar-refractivity contribution in [1.29, 1.82) is 0 Å². The Morgan fingerprint density at radius 2 is 1.70 bits per heavy atom. The second-order valence-corrected chi connectivity index (χ2v) is 13.2. The zero-order valence-electron chi connectivity index (χ0n) is 21.0. The monoisotopic (exact) mass is 412 g/mol. The third-order valence-corrected chi connectivity index (χ3v) is 10.9. The van der Waals surface area contributed by atoms with Gasteiger partial charge in [-0.05, 0) is 98.7 Å². The summed E-state index contributed by atoms with van der Waals surface area (Å²) in [4.78, 5) is 12.7. The number of allylic oxidation sites excluding steroid dienone is 2. The van der Waals surface area contributed by atoms with E-state index >= 15 is 0 Å². The Morgan fingerprint density at radius 1 is 0.967 bits per heavy atom. The molecule has 0 saturated heterocycles. The van der Waals surface area contributed by atoms with Crippen molar-refractivity contribution in [2.75, 3.05) is 0 Å². The van der Waals surface area contributed by atoms with Gasteiger partial charge in [-0.3, -0.25) is 4.79 Å². The maximum Gasteiger partial charge on any atom is 0.142 e. The molecule has 0 aromatic heterocycles. The molecule has 170 valence electrons. The Hall–Kier alpha value is -0.590. The minimum atomic E-state index is -0.234. The molecule has 0 N–H and O–H groups in total. The third kappa shape index (κ3) is 3.36. The van der Waals surface area contributed by atoms with E-state index in [-0.39, 0.29) is 10.8 Å². The van der Waals surface area contributed by atoms with Crippen LogP contribution in [-0.2, 0) is 4.79 Å². The highest BCUT2D eigenvalue weighted by Gasteiger charge is 2.61. The average molecular weight is 413 g/mol. The molecule has 30 heavy (non-hydrogen) atoms. The molecule has 3 saturated carbocycles. The fourth-order valence-electron chi connectivity index (χ4n) is 9.24. The first-order valence-corrected chi connectivity index (χ1v) is 13.3. The Labute approximate surface area is 186 Å². The van der Waals surface area contributed by atoms with Crippen LogP contribution < -0.4 is 0 Å². The molecule has 0 aliphatic heterocycles. The van der Waals surface area contributed by atoms with E-state index in [1.807, 2.05) is 0 Å². The lowest BCUT2D eigenvalue weighted by Crippen LogP contribution is -2.53. The van der Waals surface area contributed by atoms with Crippen LogP contribution in [0.5, 0.6) is 0 Å². The molecule has 0 amide bonds.